The second kappa shape index (κ2) is 4.05. The Balaban J connectivity index is 2.14. The molecule has 1 aliphatic rings. The van der Waals surface area contributed by atoms with Gasteiger partial charge in [-0.15, -0.1) is 0 Å². The molecule has 2 aromatic rings. The summed E-state index contributed by atoms with van der Waals surface area (Å²) in [6.45, 7) is 6.13. The van der Waals surface area contributed by atoms with Crippen molar-refractivity contribution in [2.75, 3.05) is 17.6 Å². The highest BCUT2D eigenvalue weighted by molar-refractivity contribution is 5.76. The summed E-state index contributed by atoms with van der Waals surface area (Å²) >= 11 is 0. The number of nitrogens with zero attached hydrogens (tertiary/aromatic N) is 2. The first-order chi connectivity index (χ1) is 8.66. The van der Waals surface area contributed by atoms with Crippen molar-refractivity contribution in [2.24, 2.45) is 0 Å². The molecule has 0 unspecified atom stereocenters. The van der Waals surface area contributed by atoms with Gasteiger partial charge >= 0.3 is 0 Å². The van der Waals surface area contributed by atoms with Crippen LogP contribution in [0.5, 0.6) is 0 Å². The zero-order valence-electron chi connectivity index (χ0n) is 10.8. The number of anilines is 2. The van der Waals surface area contributed by atoms with Gasteiger partial charge in [0, 0.05) is 18.7 Å². The number of benzene rings is 1. The molecule has 1 aromatic heterocycles. The van der Waals surface area contributed by atoms with E-state index in [2.05, 4.69) is 46.9 Å². The third-order valence-corrected chi connectivity index (χ3v) is 3.49. The summed E-state index contributed by atoms with van der Waals surface area (Å²) in [4.78, 5) is 4.64. The van der Waals surface area contributed by atoms with Gasteiger partial charge in [0.2, 0.25) is 5.95 Å². The van der Waals surface area contributed by atoms with Gasteiger partial charge in [-0.3, -0.25) is 4.57 Å². The average Bonchev–Trinajstić information content (AvgIpc) is 2.68. The maximum absolute atomic E-state index is 6.22. The van der Waals surface area contributed by atoms with Crippen LogP contribution in [0.1, 0.15) is 17.5 Å². The van der Waals surface area contributed by atoms with E-state index >= 15 is 0 Å². The van der Waals surface area contributed by atoms with Crippen molar-refractivity contribution >= 4 is 11.8 Å². The molecule has 18 heavy (non-hydrogen) atoms. The van der Waals surface area contributed by atoms with Crippen LogP contribution in [0.2, 0.25) is 0 Å². The Bertz CT molecular complexity index is 598. The first kappa shape index (κ1) is 11.1. The molecule has 1 aliphatic heterocycles. The van der Waals surface area contributed by atoms with Crippen molar-refractivity contribution in [3.05, 3.63) is 29.3 Å². The zero-order chi connectivity index (χ0) is 12.7. The fraction of sp³-hybridized carbons (Fsp3) is 0.357. The van der Waals surface area contributed by atoms with E-state index < -0.39 is 0 Å². The molecular formula is C14H18N4. The van der Waals surface area contributed by atoms with Crippen LogP contribution in [0, 0.1) is 13.8 Å². The summed E-state index contributed by atoms with van der Waals surface area (Å²) in [5.41, 5.74) is 10.7. The van der Waals surface area contributed by atoms with Crippen LogP contribution in [0.25, 0.3) is 11.3 Å². The maximum atomic E-state index is 6.22. The number of nitrogens with one attached hydrogen (secondary N) is 1. The smallest absolute Gasteiger partial charge is 0.205 e. The third kappa shape index (κ3) is 1.65. The summed E-state index contributed by atoms with van der Waals surface area (Å²) < 4.78 is 2.07. The van der Waals surface area contributed by atoms with Gasteiger partial charge < -0.3 is 11.1 Å². The number of hydrogen-bond donors (Lipinski definition) is 2. The molecule has 0 saturated carbocycles. The van der Waals surface area contributed by atoms with Crippen LogP contribution >= 0.6 is 0 Å². The van der Waals surface area contributed by atoms with Gasteiger partial charge in [-0.05, 0) is 25.8 Å². The van der Waals surface area contributed by atoms with E-state index in [0.717, 1.165) is 42.5 Å². The monoisotopic (exact) mass is 242 g/mol. The Morgan fingerprint density at radius 1 is 1.33 bits per heavy atom. The number of fused-ring (bicyclic) bond motifs is 1. The lowest BCUT2D eigenvalue weighted by atomic mass is 10.0. The van der Waals surface area contributed by atoms with Gasteiger partial charge in [-0.25, -0.2) is 4.98 Å². The molecular weight excluding hydrogens is 224 g/mol. The number of aryl methyl sites for hydroxylation is 2. The van der Waals surface area contributed by atoms with Gasteiger partial charge in [-0.1, -0.05) is 23.8 Å². The standard InChI is InChI=1S/C14H18N4/c1-9-4-5-11(10(2)8-9)12-13(15)18-7-3-6-16-14(18)17-12/h4-5,8H,3,6-7,15H2,1-2H3,(H,16,17). The van der Waals surface area contributed by atoms with Gasteiger partial charge in [0.15, 0.2) is 0 Å². The lowest BCUT2D eigenvalue weighted by molar-refractivity contribution is 0.634. The van der Waals surface area contributed by atoms with E-state index in [-0.39, 0.29) is 0 Å². The Hall–Kier alpha value is -1.97. The molecule has 0 bridgehead atoms. The Morgan fingerprint density at radius 2 is 2.17 bits per heavy atom. The highest BCUT2D eigenvalue weighted by atomic mass is 15.3. The zero-order valence-corrected chi connectivity index (χ0v) is 10.8. The van der Waals surface area contributed by atoms with E-state index in [1.165, 1.54) is 11.1 Å². The Morgan fingerprint density at radius 3 is 2.89 bits per heavy atom. The van der Waals surface area contributed by atoms with Gasteiger partial charge in [0.25, 0.3) is 0 Å². The minimum absolute atomic E-state index is 0.768. The van der Waals surface area contributed by atoms with Crippen LogP contribution in [0.3, 0.4) is 0 Å². The summed E-state index contributed by atoms with van der Waals surface area (Å²) in [7, 11) is 0. The summed E-state index contributed by atoms with van der Waals surface area (Å²) in [5.74, 6) is 1.66. The van der Waals surface area contributed by atoms with Crippen molar-refractivity contribution in [1.82, 2.24) is 9.55 Å². The fourth-order valence-corrected chi connectivity index (χ4v) is 2.54. The number of nitrogen functional groups attached to an aromatic ring is 1. The van der Waals surface area contributed by atoms with E-state index in [0.29, 0.717) is 0 Å². The van der Waals surface area contributed by atoms with Gasteiger partial charge in [-0.2, -0.15) is 0 Å². The number of rotatable bonds is 1. The second-order valence-corrected chi connectivity index (χ2v) is 4.92. The van der Waals surface area contributed by atoms with E-state index in [9.17, 15) is 0 Å². The first-order valence-electron chi connectivity index (χ1n) is 6.34. The molecule has 0 atom stereocenters. The summed E-state index contributed by atoms with van der Waals surface area (Å²) in [6, 6.07) is 6.38. The fourth-order valence-electron chi connectivity index (χ4n) is 2.54. The lowest BCUT2D eigenvalue weighted by Crippen LogP contribution is -2.18. The summed E-state index contributed by atoms with van der Waals surface area (Å²) in [6.07, 6.45) is 1.10. The van der Waals surface area contributed by atoms with Crippen molar-refractivity contribution in [1.29, 1.82) is 0 Å². The molecule has 0 spiro atoms. The van der Waals surface area contributed by atoms with Gasteiger partial charge in [0.1, 0.15) is 11.5 Å². The van der Waals surface area contributed by atoms with Crippen molar-refractivity contribution in [3.8, 4) is 11.3 Å². The summed E-state index contributed by atoms with van der Waals surface area (Å²) in [5, 5.41) is 3.30. The SMILES string of the molecule is Cc1ccc(-c2nc3n(c2N)CCCN3)c(C)c1. The number of nitrogens with two attached hydrogens (primary N) is 1. The predicted octanol–water partition coefficient (Wildman–Crippen LogP) is 2.56. The van der Waals surface area contributed by atoms with Crippen LogP contribution in [-0.2, 0) is 6.54 Å². The number of imidazole rings is 1. The molecule has 0 radical (unpaired) electrons. The topological polar surface area (TPSA) is 55.9 Å². The maximum Gasteiger partial charge on any atom is 0.205 e. The largest absolute Gasteiger partial charge is 0.383 e. The molecule has 0 saturated heterocycles. The molecule has 94 valence electrons. The second-order valence-electron chi connectivity index (χ2n) is 4.92. The minimum atomic E-state index is 0.768. The van der Waals surface area contributed by atoms with Gasteiger partial charge in [0.05, 0.1) is 0 Å². The quantitative estimate of drug-likeness (QED) is 0.808. The molecule has 0 fully saturated rings. The van der Waals surface area contributed by atoms with E-state index in [4.69, 9.17) is 5.73 Å². The third-order valence-electron chi connectivity index (χ3n) is 3.49. The van der Waals surface area contributed by atoms with Crippen LogP contribution in [-0.4, -0.2) is 16.1 Å². The van der Waals surface area contributed by atoms with Crippen LogP contribution in [0.4, 0.5) is 11.8 Å². The normalized spacial score (nSPS) is 14.1. The minimum Gasteiger partial charge on any atom is -0.383 e. The Labute approximate surface area is 107 Å². The number of aromatic nitrogens is 2. The van der Waals surface area contributed by atoms with E-state index in [1.807, 2.05) is 0 Å². The molecule has 3 N–H and O–H groups in total. The van der Waals surface area contributed by atoms with Crippen molar-refractivity contribution in [2.45, 2.75) is 26.8 Å². The van der Waals surface area contributed by atoms with Crippen molar-refractivity contribution in [3.63, 3.8) is 0 Å². The molecule has 4 heteroatoms. The first-order valence-corrected chi connectivity index (χ1v) is 6.34. The predicted molar refractivity (Wildman–Crippen MR) is 74.7 cm³/mol. The lowest BCUT2D eigenvalue weighted by Gasteiger charge is -2.15. The molecule has 4 nitrogen and oxygen atoms in total. The van der Waals surface area contributed by atoms with Crippen LogP contribution in [0.15, 0.2) is 18.2 Å². The highest BCUT2D eigenvalue weighted by Gasteiger charge is 2.19. The Kier molecular flexibility index (Phi) is 2.51. The molecule has 0 aliphatic carbocycles. The van der Waals surface area contributed by atoms with Crippen molar-refractivity contribution < 1.29 is 0 Å². The number of hydrogen-bond acceptors (Lipinski definition) is 3. The van der Waals surface area contributed by atoms with E-state index in [1.54, 1.807) is 0 Å². The molecule has 2 heterocycles. The molecule has 1 aromatic carbocycles. The highest BCUT2D eigenvalue weighted by Crippen LogP contribution is 2.32. The average molecular weight is 242 g/mol. The molecule has 3 rings (SSSR count). The molecule has 0 amide bonds. The van der Waals surface area contributed by atoms with Crippen LogP contribution < -0.4 is 11.1 Å².